The molecule has 0 bridgehead atoms. The summed E-state index contributed by atoms with van der Waals surface area (Å²) in [5.41, 5.74) is 1.33. The van der Waals surface area contributed by atoms with Gasteiger partial charge >= 0.3 is 6.09 Å². The number of aryl methyl sites for hydroxylation is 1. The molecule has 1 aromatic heterocycles. The van der Waals surface area contributed by atoms with Crippen molar-refractivity contribution in [2.75, 3.05) is 18.2 Å². The molecule has 1 heterocycles. The molecule has 0 fully saturated rings. The van der Waals surface area contributed by atoms with Gasteiger partial charge in [0, 0.05) is 21.9 Å². The summed E-state index contributed by atoms with van der Waals surface area (Å²) >= 11 is 3.04. The number of fused-ring (bicyclic) bond motifs is 1. The number of methoxy groups -OCH3 is 1. The zero-order valence-corrected chi connectivity index (χ0v) is 17.2. The van der Waals surface area contributed by atoms with Crippen molar-refractivity contribution in [3.8, 4) is 0 Å². The van der Waals surface area contributed by atoms with Gasteiger partial charge in [0.2, 0.25) is 5.91 Å². The van der Waals surface area contributed by atoms with Crippen LogP contribution in [-0.4, -0.2) is 30.8 Å². The Morgan fingerprint density at radius 2 is 1.89 bits per heavy atom. The standard InChI is InChI=1S/C20H22N2O4S2/c1-26-20(25)22-18(24)17-14-9-5-6-10-15(14)28-19(17)21-16(23)11-12-27-13-7-3-2-4-8-13/h2-4,7-8H,5-6,9-12H2,1H3,(H,21,23)(H,22,24,25). The molecule has 0 radical (unpaired) electrons. The number of benzene rings is 1. The Labute approximate surface area is 172 Å². The second kappa shape index (κ2) is 9.75. The highest BCUT2D eigenvalue weighted by Gasteiger charge is 2.27. The summed E-state index contributed by atoms with van der Waals surface area (Å²) in [5.74, 6) is -0.0284. The Hall–Kier alpha value is -2.32. The summed E-state index contributed by atoms with van der Waals surface area (Å²) in [5, 5.41) is 5.61. The van der Waals surface area contributed by atoms with E-state index in [1.165, 1.54) is 18.4 Å². The quantitative estimate of drug-likeness (QED) is 0.686. The number of hydrogen-bond donors (Lipinski definition) is 2. The SMILES string of the molecule is COC(=O)NC(=O)c1c(NC(=O)CCSc2ccccc2)sc2c1CCCC2. The van der Waals surface area contributed by atoms with Crippen molar-refractivity contribution in [2.24, 2.45) is 0 Å². The largest absolute Gasteiger partial charge is 0.453 e. The van der Waals surface area contributed by atoms with Crippen LogP contribution in [-0.2, 0) is 22.4 Å². The fourth-order valence-corrected chi connectivity index (χ4v) is 5.24. The van der Waals surface area contributed by atoms with Crippen LogP contribution in [0.3, 0.4) is 0 Å². The monoisotopic (exact) mass is 418 g/mol. The van der Waals surface area contributed by atoms with Gasteiger partial charge in [-0.1, -0.05) is 18.2 Å². The van der Waals surface area contributed by atoms with Crippen molar-refractivity contribution < 1.29 is 19.1 Å². The molecule has 0 atom stereocenters. The highest BCUT2D eigenvalue weighted by molar-refractivity contribution is 7.99. The minimum absolute atomic E-state index is 0.144. The highest BCUT2D eigenvalue weighted by Crippen LogP contribution is 2.38. The Morgan fingerprint density at radius 1 is 1.14 bits per heavy atom. The van der Waals surface area contributed by atoms with Gasteiger partial charge in [-0.15, -0.1) is 23.1 Å². The van der Waals surface area contributed by atoms with E-state index in [1.807, 2.05) is 30.3 Å². The van der Waals surface area contributed by atoms with E-state index in [9.17, 15) is 14.4 Å². The maximum atomic E-state index is 12.6. The molecule has 2 N–H and O–H groups in total. The predicted octanol–water partition coefficient (Wildman–Crippen LogP) is 4.24. The molecule has 28 heavy (non-hydrogen) atoms. The van der Waals surface area contributed by atoms with Crippen molar-refractivity contribution in [2.45, 2.75) is 37.0 Å². The van der Waals surface area contributed by atoms with Crippen LogP contribution in [0.1, 0.15) is 40.1 Å². The Morgan fingerprint density at radius 3 is 2.64 bits per heavy atom. The van der Waals surface area contributed by atoms with Crippen LogP contribution in [0.4, 0.5) is 9.80 Å². The molecule has 6 nitrogen and oxygen atoms in total. The first kappa shape index (κ1) is 20.4. The van der Waals surface area contributed by atoms with Gasteiger partial charge in [-0.2, -0.15) is 0 Å². The molecule has 2 aromatic rings. The predicted molar refractivity (Wildman–Crippen MR) is 111 cm³/mol. The third-order valence-electron chi connectivity index (χ3n) is 4.39. The number of hydrogen-bond acceptors (Lipinski definition) is 6. The number of rotatable bonds is 6. The molecule has 3 amide bonds. The van der Waals surface area contributed by atoms with E-state index in [4.69, 9.17) is 0 Å². The van der Waals surface area contributed by atoms with Crippen molar-refractivity contribution in [3.05, 3.63) is 46.3 Å². The normalized spacial score (nSPS) is 12.8. The number of imide groups is 1. The number of anilines is 1. The van der Waals surface area contributed by atoms with E-state index in [-0.39, 0.29) is 5.91 Å². The molecule has 0 unspecified atom stereocenters. The zero-order valence-electron chi connectivity index (χ0n) is 15.6. The first-order chi connectivity index (χ1) is 13.6. The lowest BCUT2D eigenvalue weighted by Gasteiger charge is -2.12. The van der Waals surface area contributed by atoms with Gasteiger partial charge in [-0.3, -0.25) is 14.9 Å². The third-order valence-corrected chi connectivity index (χ3v) is 6.61. The van der Waals surface area contributed by atoms with Gasteiger partial charge in [0.1, 0.15) is 5.00 Å². The van der Waals surface area contributed by atoms with Crippen LogP contribution in [0.5, 0.6) is 0 Å². The molecule has 3 rings (SSSR count). The number of alkyl carbamates (subject to hydrolysis) is 1. The summed E-state index contributed by atoms with van der Waals surface area (Å²) in [4.78, 5) is 38.7. The number of carbonyl (C=O) groups is 3. The second-order valence-corrected chi connectivity index (χ2v) is 8.59. The van der Waals surface area contributed by atoms with E-state index in [1.54, 1.807) is 11.8 Å². The van der Waals surface area contributed by atoms with E-state index in [2.05, 4.69) is 15.4 Å². The van der Waals surface area contributed by atoms with E-state index < -0.39 is 12.0 Å². The fraction of sp³-hybridized carbons (Fsp3) is 0.350. The first-order valence-corrected chi connectivity index (χ1v) is 10.9. The Balaban J connectivity index is 1.68. The maximum Gasteiger partial charge on any atom is 0.413 e. The van der Waals surface area contributed by atoms with Gasteiger partial charge in [0.15, 0.2) is 0 Å². The molecule has 1 aliphatic rings. The van der Waals surface area contributed by atoms with Crippen LogP contribution in [0, 0.1) is 0 Å². The number of ether oxygens (including phenoxy) is 1. The lowest BCUT2D eigenvalue weighted by Crippen LogP contribution is -2.31. The van der Waals surface area contributed by atoms with E-state index >= 15 is 0 Å². The lowest BCUT2D eigenvalue weighted by atomic mass is 9.95. The third kappa shape index (κ3) is 5.14. The highest BCUT2D eigenvalue weighted by atomic mass is 32.2. The smallest absolute Gasteiger partial charge is 0.413 e. The summed E-state index contributed by atoms with van der Waals surface area (Å²) in [7, 11) is 1.21. The summed E-state index contributed by atoms with van der Waals surface area (Å²) in [6, 6.07) is 9.89. The number of amides is 3. The Bertz CT molecular complexity index is 865. The van der Waals surface area contributed by atoms with Gasteiger partial charge in [0.05, 0.1) is 12.7 Å². The average molecular weight is 419 g/mol. The van der Waals surface area contributed by atoms with Crippen molar-refractivity contribution >= 4 is 46.0 Å². The van der Waals surface area contributed by atoms with Crippen LogP contribution >= 0.6 is 23.1 Å². The van der Waals surface area contributed by atoms with Crippen molar-refractivity contribution in [3.63, 3.8) is 0 Å². The average Bonchev–Trinajstić information content (AvgIpc) is 3.06. The first-order valence-electron chi connectivity index (χ1n) is 9.10. The molecular weight excluding hydrogens is 396 g/mol. The summed E-state index contributed by atoms with van der Waals surface area (Å²) in [6.07, 6.45) is 3.24. The molecule has 0 spiro atoms. The maximum absolute atomic E-state index is 12.6. The zero-order chi connectivity index (χ0) is 19.9. The second-order valence-electron chi connectivity index (χ2n) is 6.32. The molecular formula is C20H22N2O4S2. The minimum atomic E-state index is -0.808. The molecule has 1 aliphatic carbocycles. The molecule has 0 saturated carbocycles. The van der Waals surface area contributed by atoms with Gasteiger partial charge in [-0.05, 0) is 43.4 Å². The van der Waals surface area contributed by atoms with Crippen LogP contribution in [0.15, 0.2) is 35.2 Å². The fourth-order valence-electron chi connectivity index (χ4n) is 3.07. The van der Waals surface area contributed by atoms with Crippen LogP contribution in [0.25, 0.3) is 0 Å². The number of nitrogens with one attached hydrogen (secondary N) is 2. The van der Waals surface area contributed by atoms with Crippen molar-refractivity contribution in [1.82, 2.24) is 5.32 Å². The van der Waals surface area contributed by atoms with Crippen LogP contribution in [0.2, 0.25) is 0 Å². The van der Waals surface area contributed by atoms with Gasteiger partial charge < -0.3 is 10.1 Å². The van der Waals surface area contributed by atoms with Gasteiger partial charge in [0.25, 0.3) is 5.91 Å². The topological polar surface area (TPSA) is 84.5 Å². The summed E-state index contributed by atoms with van der Waals surface area (Å²) in [6.45, 7) is 0. The Kier molecular flexibility index (Phi) is 7.11. The number of carbonyl (C=O) groups excluding carboxylic acids is 3. The number of thioether (sulfide) groups is 1. The molecule has 1 aromatic carbocycles. The number of thiophene rings is 1. The van der Waals surface area contributed by atoms with Crippen LogP contribution < -0.4 is 10.6 Å². The molecule has 8 heteroatoms. The van der Waals surface area contributed by atoms with E-state index in [0.717, 1.165) is 41.0 Å². The van der Waals surface area contributed by atoms with Crippen molar-refractivity contribution in [1.29, 1.82) is 0 Å². The minimum Gasteiger partial charge on any atom is -0.453 e. The summed E-state index contributed by atoms with van der Waals surface area (Å²) < 4.78 is 4.52. The lowest BCUT2D eigenvalue weighted by molar-refractivity contribution is -0.115. The molecule has 148 valence electrons. The molecule has 0 aliphatic heterocycles. The van der Waals surface area contributed by atoms with E-state index in [0.29, 0.717) is 22.7 Å². The molecule has 0 saturated heterocycles. The van der Waals surface area contributed by atoms with Gasteiger partial charge in [-0.25, -0.2) is 4.79 Å².